The van der Waals surface area contributed by atoms with Crippen LogP contribution in [-0.2, 0) is 76.0 Å². The normalized spacial score (nSPS) is 12.8. The number of nitrogens with zero attached hydrogens (tertiary/aromatic N) is 1. The van der Waals surface area contributed by atoms with Gasteiger partial charge in [-0.15, -0.1) is 0 Å². The van der Waals surface area contributed by atoms with Gasteiger partial charge in [-0.2, -0.15) is 0 Å². The van der Waals surface area contributed by atoms with Crippen LogP contribution >= 0.6 is 0 Å². The van der Waals surface area contributed by atoms with Crippen LogP contribution in [-0.4, -0.2) is 194 Å². The second kappa shape index (κ2) is 41.5. The monoisotopic (exact) mass is 795 g/mol. The summed E-state index contributed by atoms with van der Waals surface area (Å²) in [6.45, 7) is 13.5. The number of esters is 1. The van der Waals surface area contributed by atoms with Crippen molar-refractivity contribution in [2.75, 3.05) is 172 Å². The predicted octanol–water partition coefficient (Wildman–Crippen LogP) is 2.01. The van der Waals surface area contributed by atoms with Crippen LogP contribution in [0.25, 0.3) is 0 Å². The lowest BCUT2D eigenvalue weighted by Crippen LogP contribution is -2.33. The summed E-state index contributed by atoms with van der Waals surface area (Å²) in [7, 11) is 0. The van der Waals surface area contributed by atoms with E-state index in [1.165, 1.54) is 31.4 Å². The van der Waals surface area contributed by atoms with Crippen molar-refractivity contribution in [1.29, 1.82) is 0 Å². The third-order valence-corrected chi connectivity index (χ3v) is 7.43. The third-order valence-electron chi connectivity index (χ3n) is 7.43. The minimum Gasteiger partial charge on any atom is -0.463 e. The molecule has 0 saturated carbocycles. The van der Waals surface area contributed by atoms with Gasteiger partial charge in [0.1, 0.15) is 6.61 Å². The number of hydrogen-bond donors (Lipinski definition) is 0. The summed E-state index contributed by atoms with van der Waals surface area (Å²) in [5, 5.41) is 0. The number of amides is 2. The predicted molar refractivity (Wildman–Crippen MR) is 200 cm³/mol. The summed E-state index contributed by atoms with van der Waals surface area (Å²) in [6, 6.07) is 0. The van der Waals surface area contributed by atoms with Crippen molar-refractivity contribution >= 4 is 17.8 Å². The molecule has 0 aromatic rings. The molecule has 0 radical (unpaired) electrons. The Morgan fingerprint density at radius 2 is 0.673 bits per heavy atom. The van der Waals surface area contributed by atoms with E-state index < -0.39 is 0 Å². The molecule has 17 nitrogen and oxygen atoms in total. The van der Waals surface area contributed by atoms with E-state index in [0.29, 0.717) is 158 Å². The van der Waals surface area contributed by atoms with Gasteiger partial charge in [-0.3, -0.25) is 19.3 Å². The molecule has 2 amide bonds. The largest absolute Gasteiger partial charge is 0.463 e. The molecule has 1 heterocycles. The summed E-state index contributed by atoms with van der Waals surface area (Å²) < 4.78 is 70.6. The summed E-state index contributed by atoms with van der Waals surface area (Å²) in [5.41, 5.74) is 0. The molecule has 17 heteroatoms. The average Bonchev–Trinajstić information content (AvgIpc) is 3.51. The first-order valence-corrected chi connectivity index (χ1v) is 19.8. The fraction of sp³-hybridized carbons (Fsp3) is 0.868. The standard InChI is InChI=1S/C38H69NO16/c1-2-3-4-5-6-7-38(42)55-35-34-54-33-32-53-31-30-52-29-28-51-27-26-50-25-24-49-23-22-48-21-20-47-19-18-46-17-16-45-15-14-44-13-12-43-11-10-39-36(40)8-9-37(39)41/h8-9H,2-7,10-35H2,1H3. The lowest BCUT2D eigenvalue weighted by atomic mass is 10.1. The first-order valence-electron chi connectivity index (χ1n) is 19.8. The molecule has 1 aliphatic heterocycles. The van der Waals surface area contributed by atoms with Gasteiger partial charge in [0.25, 0.3) is 11.8 Å². The quantitative estimate of drug-likeness (QED) is 0.0497. The maximum absolute atomic E-state index is 11.6. The van der Waals surface area contributed by atoms with Gasteiger partial charge in [0, 0.05) is 18.6 Å². The number of imide groups is 1. The maximum atomic E-state index is 11.6. The lowest BCUT2D eigenvalue weighted by molar-refractivity contribution is -0.145. The fourth-order valence-corrected chi connectivity index (χ4v) is 4.49. The van der Waals surface area contributed by atoms with E-state index in [4.69, 9.17) is 61.6 Å². The number of unbranched alkanes of at least 4 members (excludes halogenated alkanes) is 4. The second-order valence-corrected chi connectivity index (χ2v) is 11.9. The number of carbonyl (C=O) groups excluding carboxylic acids is 3. The van der Waals surface area contributed by atoms with Gasteiger partial charge in [-0.25, -0.2) is 0 Å². The zero-order valence-electron chi connectivity index (χ0n) is 33.3. The summed E-state index contributed by atoms with van der Waals surface area (Å²) in [4.78, 5) is 35.6. The van der Waals surface area contributed by atoms with E-state index in [1.807, 2.05) is 0 Å². The van der Waals surface area contributed by atoms with Crippen LogP contribution in [0.15, 0.2) is 12.2 Å². The van der Waals surface area contributed by atoms with E-state index >= 15 is 0 Å². The highest BCUT2D eigenvalue weighted by Gasteiger charge is 2.22. The average molecular weight is 796 g/mol. The Hall–Kier alpha value is -2.13. The van der Waals surface area contributed by atoms with Gasteiger partial charge in [0.05, 0.1) is 165 Å². The van der Waals surface area contributed by atoms with Crippen molar-refractivity contribution in [2.24, 2.45) is 0 Å². The van der Waals surface area contributed by atoms with Gasteiger partial charge in [0.15, 0.2) is 0 Å². The molecule has 0 atom stereocenters. The molecule has 0 unspecified atom stereocenters. The minimum atomic E-state index is -0.310. The van der Waals surface area contributed by atoms with Crippen molar-refractivity contribution in [3.63, 3.8) is 0 Å². The first kappa shape index (κ1) is 50.9. The van der Waals surface area contributed by atoms with E-state index in [2.05, 4.69) is 6.92 Å². The first-order chi connectivity index (χ1) is 27.1. The Balaban J connectivity index is 1.62. The van der Waals surface area contributed by atoms with E-state index in [0.717, 1.165) is 17.7 Å². The number of carbonyl (C=O) groups is 3. The van der Waals surface area contributed by atoms with Gasteiger partial charge in [-0.05, 0) is 6.42 Å². The molecule has 0 N–H and O–H groups in total. The smallest absolute Gasteiger partial charge is 0.305 e. The lowest BCUT2D eigenvalue weighted by Gasteiger charge is -2.13. The molecule has 0 aliphatic carbocycles. The minimum absolute atomic E-state index is 0.154. The number of hydrogen-bond acceptors (Lipinski definition) is 16. The van der Waals surface area contributed by atoms with Crippen molar-refractivity contribution in [1.82, 2.24) is 4.90 Å². The van der Waals surface area contributed by atoms with Crippen molar-refractivity contribution in [3.8, 4) is 0 Å². The molecule has 1 aliphatic rings. The molecule has 0 fully saturated rings. The molecule has 55 heavy (non-hydrogen) atoms. The molecule has 0 aromatic carbocycles. The highest BCUT2D eigenvalue weighted by atomic mass is 16.6. The maximum Gasteiger partial charge on any atom is 0.305 e. The van der Waals surface area contributed by atoms with Crippen molar-refractivity contribution < 1.29 is 76.0 Å². The molecular formula is C38H69NO16. The third kappa shape index (κ3) is 36.0. The number of rotatable bonds is 45. The summed E-state index contributed by atoms with van der Waals surface area (Å²) in [5.74, 6) is -0.773. The van der Waals surface area contributed by atoms with Crippen molar-refractivity contribution in [3.05, 3.63) is 12.2 Å². The highest BCUT2D eigenvalue weighted by molar-refractivity contribution is 6.12. The number of ether oxygens (including phenoxy) is 13. The molecule has 0 spiro atoms. The summed E-state index contributed by atoms with van der Waals surface area (Å²) >= 11 is 0. The molecule has 1 rings (SSSR count). The summed E-state index contributed by atoms with van der Waals surface area (Å²) in [6.07, 6.45) is 8.54. The Bertz CT molecular complexity index is 894. The Morgan fingerprint density at radius 3 is 0.982 bits per heavy atom. The topological polar surface area (TPSA) is 174 Å². The molecule has 322 valence electrons. The Labute approximate surface area is 327 Å². The van der Waals surface area contributed by atoms with Crippen LogP contribution in [0, 0.1) is 0 Å². The Kier molecular flexibility index (Phi) is 38.4. The fourth-order valence-electron chi connectivity index (χ4n) is 4.49. The van der Waals surface area contributed by atoms with Crippen molar-refractivity contribution in [2.45, 2.75) is 45.4 Å². The molecule has 0 bridgehead atoms. The van der Waals surface area contributed by atoms with Crippen LogP contribution in [0.5, 0.6) is 0 Å². The van der Waals surface area contributed by atoms with Crippen LogP contribution < -0.4 is 0 Å². The van der Waals surface area contributed by atoms with Gasteiger partial charge < -0.3 is 61.6 Å². The van der Waals surface area contributed by atoms with Gasteiger partial charge >= 0.3 is 5.97 Å². The zero-order chi connectivity index (χ0) is 39.5. The SMILES string of the molecule is CCCCCCCC(=O)OCCOCCOCCOCCOCCOCCOCCOCCOCCOCCOCCOCCOCCN1C(=O)C=CC1=O. The molecular weight excluding hydrogens is 726 g/mol. The van der Waals surface area contributed by atoms with Crippen LogP contribution in [0.1, 0.15) is 45.4 Å². The molecule has 0 aromatic heterocycles. The van der Waals surface area contributed by atoms with Crippen LogP contribution in [0.4, 0.5) is 0 Å². The zero-order valence-corrected chi connectivity index (χ0v) is 33.3. The highest BCUT2D eigenvalue weighted by Crippen LogP contribution is 2.06. The van der Waals surface area contributed by atoms with E-state index in [9.17, 15) is 14.4 Å². The van der Waals surface area contributed by atoms with Crippen LogP contribution in [0.2, 0.25) is 0 Å². The molecule has 0 saturated heterocycles. The second-order valence-electron chi connectivity index (χ2n) is 11.9. The van der Waals surface area contributed by atoms with Gasteiger partial charge in [-0.1, -0.05) is 32.6 Å². The van der Waals surface area contributed by atoms with Gasteiger partial charge in [0.2, 0.25) is 0 Å². The Morgan fingerprint density at radius 1 is 0.400 bits per heavy atom. The van der Waals surface area contributed by atoms with Crippen LogP contribution in [0.3, 0.4) is 0 Å². The van der Waals surface area contributed by atoms with E-state index in [-0.39, 0.29) is 37.5 Å². The van der Waals surface area contributed by atoms with E-state index in [1.54, 1.807) is 0 Å².